The van der Waals surface area contributed by atoms with Crippen LogP contribution in [-0.4, -0.2) is 42.9 Å². The van der Waals surface area contributed by atoms with E-state index in [4.69, 9.17) is 14.0 Å². The Kier molecular flexibility index (Phi) is 5.42. The molecular formula is C18H23N3O4. The molecule has 0 saturated carbocycles. The van der Waals surface area contributed by atoms with Crippen molar-refractivity contribution in [3.05, 3.63) is 41.8 Å². The highest BCUT2D eigenvalue weighted by molar-refractivity contribution is 5.75. The van der Waals surface area contributed by atoms with Crippen LogP contribution < -0.4 is 14.8 Å². The van der Waals surface area contributed by atoms with Crippen LogP contribution in [0.15, 0.2) is 34.9 Å². The highest BCUT2D eigenvalue weighted by Crippen LogP contribution is 2.32. The van der Waals surface area contributed by atoms with Crippen LogP contribution in [0.3, 0.4) is 0 Å². The van der Waals surface area contributed by atoms with Gasteiger partial charge in [0.05, 0.1) is 25.4 Å². The number of likely N-dealkylation sites (tertiary alicyclic amines) is 1. The van der Waals surface area contributed by atoms with Gasteiger partial charge in [-0.2, -0.15) is 0 Å². The fourth-order valence-electron chi connectivity index (χ4n) is 2.97. The third-order valence-electron chi connectivity index (χ3n) is 4.18. The van der Waals surface area contributed by atoms with Crippen molar-refractivity contribution in [2.75, 3.05) is 26.8 Å². The highest BCUT2D eigenvalue weighted by atomic mass is 16.5. The van der Waals surface area contributed by atoms with E-state index in [1.807, 2.05) is 37.3 Å². The van der Waals surface area contributed by atoms with Crippen molar-refractivity contribution in [2.45, 2.75) is 25.8 Å². The molecule has 25 heavy (non-hydrogen) atoms. The van der Waals surface area contributed by atoms with Gasteiger partial charge in [0.15, 0.2) is 5.76 Å². The molecule has 1 aromatic heterocycles. The van der Waals surface area contributed by atoms with Crippen LogP contribution in [0.25, 0.3) is 0 Å². The van der Waals surface area contributed by atoms with E-state index in [1.165, 1.54) is 0 Å². The summed E-state index contributed by atoms with van der Waals surface area (Å²) in [6.45, 7) is 3.41. The van der Waals surface area contributed by atoms with Gasteiger partial charge in [-0.25, -0.2) is 4.79 Å². The van der Waals surface area contributed by atoms with Crippen LogP contribution >= 0.6 is 0 Å². The Balaban J connectivity index is 1.47. The molecule has 1 saturated heterocycles. The lowest BCUT2D eigenvalue weighted by atomic mass is 10.1. The number of aryl methyl sites for hydroxylation is 1. The van der Waals surface area contributed by atoms with Gasteiger partial charge < -0.3 is 24.2 Å². The summed E-state index contributed by atoms with van der Waals surface area (Å²) < 4.78 is 16.1. The number of carbonyl (C=O) groups is 1. The molecule has 0 bridgehead atoms. The van der Waals surface area contributed by atoms with Crippen molar-refractivity contribution in [3.63, 3.8) is 0 Å². The van der Waals surface area contributed by atoms with E-state index in [-0.39, 0.29) is 12.1 Å². The maximum atomic E-state index is 12.4. The van der Waals surface area contributed by atoms with Crippen molar-refractivity contribution in [2.24, 2.45) is 0 Å². The first kappa shape index (κ1) is 17.1. The zero-order valence-corrected chi connectivity index (χ0v) is 14.5. The molecule has 2 aromatic rings. The molecule has 1 aromatic carbocycles. The first-order valence-corrected chi connectivity index (χ1v) is 8.42. The van der Waals surface area contributed by atoms with Crippen molar-refractivity contribution >= 4 is 6.03 Å². The number of nitrogens with zero attached hydrogens (tertiary/aromatic N) is 2. The summed E-state index contributed by atoms with van der Waals surface area (Å²) in [5, 5.41) is 6.81. The lowest BCUT2D eigenvalue weighted by molar-refractivity contribution is 0.180. The summed E-state index contributed by atoms with van der Waals surface area (Å²) in [5.41, 5.74) is 0.828. The van der Waals surface area contributed by atoms with E-state index in [0.29, 0.717) is 25.4 Å². The van der Waals surface area contributed by atoms with Crippen LogP contribution in [-0.2, 0) is 0 Å². The number of nitrogens with one attached hydrogen (secondary N) is 1. The Bertz CT molecular complexity index is 716. The van der Waals surface area contributed by atoms with E-state index in [0.717, 1.165) is 30.0 Å². The number of hydrogen-bond acceptors (Lipinski definition) is 5. The Morgan fingerprint density at radius 2 is 2.24 bits per heavy atom. The minimum Gasteiger partial charge on any atom is -0.497 e. The van der Waals surface area contributed by atoms with Crippen LogP contribution in [0.4, 0.5) is 4.79 Å². The summed E-state index contributed by atoms with van der Waals surface area (Å²) in [7, 11) is 1.61. The van der Waals surface area contributed by atoms with Gasteiger partial charge in [-0.15, -0.1) is 0 Å². The molecule has 7 nitrogen and oxygen atoms in total. The fraction of sp³-hybridized carbons (Fsp3) is 0.444. The van der Waals surface area contributed by atoms with Crippen molar-refractivity contribution in [1.29, 1.82) is 0 Å². The summed E-state index contributed by atoms with van der Waals surface area (Å²) in [6, 6.07) is 9.13. The van der Waals surface area contributed by atoms with E-state index in [9.17, 15) is 4.79 Å². The molecule has 7 heteroatoms. The van der Waals surface area contributed by atoms with Gasteiger partial charge in [-0.1, -0.05) is 11.2 Å². The maximum absolute atomic E-state index is 12.4. The van der Waals surface area contributed by atoms with E-state index < -0.39 is 0 Å². The molecule has 1 aliphatic heterocycles. The zero-order valence-electron chi connectivity index (χ0n) is 14.5. The average Bonchev–Trinajstić information content (AvgIpc) is 3.27. The fourth-order valence-corrected chi connectivity index (χ4v) is 2.97. The molecule has 1 N–H and O–H groups in total. The first-order valence-electron chi connectivity index (χ1n) is 8.42. The number of carbonyl (C=O) groups excluding carboxylic acids is 1. The molecule has 0 unspecified atom stereocenters. The first-order chi connectivity index (χ1) is 12.2. The number of amides is 2. The lowest BCUT2D eigenvalue weighted by Gasteiger charge is -2.23. The van der Waals surface area contributed by atoms with Crippen molar-refractivity contribution in [1.82, 2.24) is 15.4 Å². The van der Waals surface area contributed by atoms with Crippen LogP contribution in [0.2, 0.25) is 0 Å². The SMILES string of the molecule is COc1cccc(OCCNC(=O)N2CCC[C@H]2c2cc(C)no2)c1. The highest BCUT2D eigenvalue weighted by Gasteiger charge is 2.32. The maximum Gasteiger partial charge on any atom is 0.318 e. The topological polar surface area (TPSA) is 76.8 Å². The Morgan fingerprint density at radius 3 is 3.00 bits per heavy atom. The monoisotopic (exact) mass is 345 g/mol. The van der Waals surface area contributed by atoms with E-state index in [1.54, 1.807) is 12.0 Å². The second kappa shape index (κ2) is 7.92. The summed E-state index contributed by atoms with van der Waals surface area (Å²) >= 11 is 0. The smallest absolute Gasteiger partial charge is 0.318 e. The number of rotatable bonds is 6. The standard InChI is InChI=1S/C18H23N3O4/c1-13-11-17(25-20-13)16-7-4-9-21(16)18(22)19-8-10-24-15-6-3-5-14(12-15)23-2/h3,5-6,11-12,16H,4,7-10H2,1-2H3,(H,19,22)/t16-/m0/s1. The number of hydrogen-bond donors (Lipinski definition) is 1. The molecular weight excluding hydrogens is 322 g/mol. The second-order valence-electron chi connectivity index (χ2n) is 5.98. The summed E-state index contributed by atoms with van der Waals surface area (Å²) in [4.78, 5) is 14.2. The van der Waals surface area contributed by atoms with Gasteiger partial charge in [-0.05, 0) is 31.9 Å². The van der Waals surface area contributed by atoms with Crippen molar-refractivity contribution < 1.29 is 18.8 Å². The molecule has 1 aliphatic rings. The average molecular weight is 345 g/mol. The summed E-state index contributed by atoms with van der Waals surface area (Å²) in [5.74, 6) is 2.20. The molecule has 0 aliphatic carbocycles. The van der Waals surface area contributed by atoms with Gasteiger partial charge >= 0.3 is 6.03 Å². The van der Waals surface area contributed by atoms with Crippen LogP contribution in [0, 0.1) is 6.92 Å². The Hall–Kier alpha value is -2.70. The minimum absolute atomic E-state index is 0.0412. The predicted molar refractivity (Wildman–Crippen MR) is 91.8 cm³/mol. The zero-order chi connectivity index (χ0) is 17.6. The molecule has 1 atom stereocenters. The van der Waals surface area contributed by atoms with Gasteiger partial charge in [0, 0.05) is 18.7 Å². The Labute approximate surface area is 146 Å². The normalized spacial score (nSPS) is 16.7. The van der Waals surface area contributed by atoms with E-state index in [2.05, 4.69) is 10.5 Å². The Morgan fingerprint density at radius 1 is 1.40 bits per heavy atom. The van der Waals surface area contributed by atoms with Gasteiger partial charge in [0.1, 0.15) is 18.1 Å². The van der Waals surface area contributed by atoms with Gasteiger partial charge in [0.25, 0.3) is 0 Å². The number of ether oxygens (including phenoxy) is 2. The quantitative estimate of drug-likeness (QED) is 0.815. The number of urea groups is 1. The second-order valence-corrected chi connectivity index (χ2v) is 5.98. The minimum atomic E-state index is -0.106. The van der Waals surface area contributed by atoms with E-state index >= 15 is 0 Å². The summed E-state index contributed by atoms with van der Waals surface area (Å²) in [6.07, 6.45) is 1.85. The predicted octanol–water partition coefficient (Wildman–Crippen LogP) is 2.92. The third kappa shape index (κ3) is 4.23. The number of methoxy groups -OCH3 is 1. The molecule has 2 heterocycles. The van der Waals surface area contributed by atoms with Crippen LogP contribution in [0.5, 0.6) is 11.5 Å². The molecule has 134 valence electrons. The number of benzene rings is 1. The molecule has 0 radical (unpaired) electrons. The molecule has 2 amide bonds. The molecule has 0 spiro atoms. The molecule has 3 rings (SSSR count). The van der Waals surface area contributed by atoms with Gasteiger partial charge in [0.2, 0.25) is 0 Å². The lowest BCUT2D eigenvalue weighted by Crippen LogP contribution is -2.41. The third-order valence-corrected chi connectivity index (χ3v) is 4.18. The number of aromatic nitrogens is 1. The van der Waals surface area contributed by atoms with Crippen molar-refractivity contribution in [3.8, 4) is 11.5 Å². The van der Waals surface area contributed by atoms with Crippen LogP contribution in [0.1, 0.15) is 30.3 Å². The largest absolute Gasteiger partial charge is 0.497 e. The molecule has 1 fully saturated rings. The van der Waals surface area contributed by atoms with Gasteiger partial charge in [-0.3, -0.25) is 0 Å².